The number of carbonyl (C=O) groups excluding carboxylic acids is 1. The Morgan fingerprint density at radius 3 is 2.60 bits per heavy atom. The molecule has 114 valence electrons. The maximum atomic E-state index is 12.8. The van der Waals surface area contributed by atoms with Gasteiger partial charge in [0.05, 0.1) is 12.2 Å². The van der Waals surface area contributed by atoms with Crippen LogP contribution in [-0.2, 0) is 4.79 Å². The first kappa shape index (κ1) is 14.3. The first-order valence-electron chi connectivity index (χ1n) is 8.48. The van der Waals surface area contributed by atoms with Gasteiger partial charge < -0.3 is 4.90 Å². The van der Waals surface area contributed by atoms with Gasteiger partial charge in [0.15, 0.2) is 0 Å². The van der Waals surface area contributed by atoms with Crippen LogP contribution in [-0.4, -0.2) is 53.1 Å². The van der Waals surface area contributed by atoms with Gasteiger partial charge in [-0.15, -0.1) is 0 Å². The van der Waals surface area contributed by atoms with Crippen LogP contribution in [0.25, 0.3) is 0 Å². The van der Waals surface area contributed by atoms with E-state index in [0.29, 0.717) is 17.9 Å². The monoisotopic (exact) mass is 279 g/mol. The van der Waals surface area contributed by atoms with Gasteiger partial charge in [-0.25, -0.2) is 0 Å². The zero-order chi connectivity index (χ0) is 14.3. The van der Waals surface area contributed by atoms with Gasteiger partial charge in [0, 0.05) is 25.2 Å². The summed E-state index contributed by atoms with van der Waals surface area (Å²) in [5.41, 5.74) is 0. The van der Waals surface area contributed by atoms with Crippen molar-refractivity contribution in [2.75, 3.05) is 13.1 Å². The summed E-state index contributed by atoms with van der Waals surface area (Å²) in [7, 11) is 0. The molecule has 3 rings (SSSR count). The van der Waals surface area contributed by atoms with E-state index >= 15 is 0 Å². The molecule has 2 heterocycles. The number of nitrogens with one attached hydrogen (secondary N) is 1. The molecule has 4 atom stereocenters. The Labute approximate surface area is 122 Å². The van der Waals surface area contributed by atoms with Gasteiger partial charge in [-0.1, -0.05) is 27.2 Å². The third-order valence-electron chi connectivity index (χ3n) is 5.48. The molecular formula is C16H29N3O. The predicted molar refractivity (Wildman–Crippen MR) is 80.3 cm³/mol. The highest BCUT2D eigenvalue weighted by Gasteiger charge is 2.46. The second-order valence-electron chi connectivity index (χ2n) is 6.87. The lowest BCUT2D eigenvalue weighted by molar-refractivity contribution is -0.132. The molecule has 0 bridgehead atoms. The molecule has 0 radical (unpaired) electrons. The van der Waals surface area contributed by atoms with Gasteiger partial charge in [0.1, 0.15) is 0 Å². The van der Waals surface area contributed by atoms with E-state index in [0.717, 1.165) is 31.8 Å². The average Bonchev–Trinajstić information content (AvgIpc) is 3.10. The molecule has 2 aliphatic heterocycles. The van der Waals surface area contributed by atoms with Crippen LogP contribution in [0.2, 0.25) is 0 Å². The first-order valence-corrected chi connectivity index (χ1v) is 8.48. The van der Waals surface area contributed by atoms with Crippen LogP contribution in [0.5, 0.6) is 0 Å². The van der Waals surface area contributed by atoms with Crippen molar-refractivity contribution in [2.45, 2.75) is 77.2 Å². The molecule has 2 saturated heterocycles. The summed E-state index contributed by atoms with van der Waals surface area (Å²) in [6.45, 7) is 8.83. The van der Waals surface area contributed by atoms with Gasteiger partial charge in [0.2, 0.25) is 5.91 Å². The summed E-state index contributed by atoms with van der Waals surface area (Å²) in [6, 6.07) is 1.31. The highest BCUT2D eigenvalue weighted by molar-refractivity contribution is 5.85. The molecule has 0 spiro atoms. The minimum atomic E-state index is 0.0416. The van der Waals surface area contributed by atoms with Gasteiger partial charge >= 0.3 is 0 Å². The average molecular weight is 279 g/mol. The van der Waals surface area contributed by atoms with Crippen LogP contribution < -0.4 is 5.32 Å². The Kier molecular flexibility index (Phi) is 4.04. The fourth-order valence-electron chi connectivity index (χ4n) is 3.83. The summed E-state index contributed by atoms with van der Waals surface area (Å²) < 4.78 is 0. The van der Waals surface area contributed by atoms with E-state index in [-0.39, 0.29) is 12.2 Å². The van der Waals surface area contributed by atoms with Gasteiger partial charge in [-0.3, -0.25) is 15.0 Å². The van der Waals surface area contributed by atoms with Crippen LogP contribution >= 0.6 is 0 Å². The lowest BCUT2D eigenvalue weighted by Gasteiger charge is -2.30. The van der Waals surface area contributed by atoms with Crippen molar-refractivity contribution in [3.05, 3.63) is 0 Å². The fraction of sp³-hybridized carbons (Fsp3) is 0.938. The molecule has 1 N–H and O–H groups in total. The van der Waals surface area contributed by atoms with Crippen LogP contribution in [0, 0.1) is 5.92 Å². The zero-order valence-electron chi connectivity index (χ0n) is 13.1. The third kappa shape index (κ3) is 2.48. The molecule has 3 fully saturated rings. The van der Waals surface area contributed by atoms with Crippen molar-refractivity contribution >= 4 is 5.91 Å². The molecule has 4 unspecified atom stereocenters. The van der Waals surface area contributed by atoms with Crippen molar-refractivity contribution in [1.82, 2.24) is 15.1 Å². The molecule has 3 aliphatic rings. The summed E-state index contributed by atoms with van der Waals surface area (Å²) in [5.74, 6) is 0.788. The Bertz CT molecular complexity index is 369. The van der Waals surface area contributed by atoms with E-state index in [1.54, 1.807) is 0 Å². The highest BCUT2D eigenvalue weighted by Crippen LogP contribution is 2.33. The van der Waals surface area contributed by atoms with E-state index in [9.17, 15) is 4.79 Å². The van der Waals surface area contributed by atoms with E-state index in [4.69, 9.17) is 0 Å². The van der Waals surface area contributed by atoms with Crippen molar-refractivity contribution in [3.63, 3.8) is 0 Å². The number of rotatable bonds is 5. The van der Waals surface area contributed by atoms with Crippen LogP contribution in [0.1, 0.15) is 52.9 Å². The molecule has 0 aromatic rings. The van der Waals surface area contributed by atoms with Crippen LogP contribution in [0.3, 0.4) is 0 Å². The Morgan fingerprint density at radius 1 is 1.25 bits per heavy atom. The minimum absolute atomic E-state index is 0.0416. The quantitative estimate of drug-likeness (QED) is 0.833. The summed E-state index contributed by atoms with van der Waals surface area (Å²) in [4.78, 5) is 17.6. The SMILES string of the molecule is CCC(C)C1NC(CC)N(C2CCN(C3CC3)C2)C1=O. The topological polar surface area (TPSA) is 35.6 Å². The van der Waals surface area contributed by atoms with Crippen molar-refractivity contribution in [3.8, 4) is 0 Å². The fourth-order valence-corrected chi connectivity index (χ4v) is 3.83. The largest absolute Gasteiger partial charge is 0.321 e. The second-order valence-corrected chi connectivity index (χ2v) is 6.87. The highest BCUT2D eigenvalue weighted by atomic mass is 16.2. The first-order chi connectivity index (χ1) is 9.65. The maximum absolute atomic E-state index is 12.8. The Morgan fingerprint density at radius 2 is 2.00 bits per heavy atom. The number of amides is 1. The number of hydrogen-bond acceptors (Lipinski definition) is 3. The molecule has 1 amide bonds. The molecule has 20 heavy (non-hydrogen) atoms. The Hall–Kier alpha value is -0.610. The summed E-state index contributed by atoms with van der Waals surface area (Å²) in [6.07, 6.45) is 6.22. The van der Waals surface area contributed by atoms with Crippen LogP contribution in [0.15, 0.2) is 0 Å². The number of carbonyl (C=O) groups is 1. The minimum Gasteiger partial charge on any atom is -0.321 e. The molecular weight excluding hydrogens is 250 g/mol. The van der Waals surface area contributed by atoms with E-state index in [1.165, 1.54) is 19.4 Å². The predicted octanol–water partition coefficient (Wildman–Crippen LogP) is 1.81. The van der Waals surface area contributed by atoms with Gasteiger partial charge in [-0.2, -0.15) is 0 Å². The smallest absolute Gasteiger partial charge is 0.241 e. The van der Waals surface area contributed by atoms with Crippen molar-refractivity contribution < 1.29 is 4.79 Å². The van der Waals surface area contributed by atoms with E-state index in [2.05, 4.69) is 35.9 Å². The standard InChI is InChI=1S/C16H29N3O/c1-4-11(3)15-16(20)19(14(5-2)17-15)13-8-9-18(10-13)12-6-7-12/h11-15,17H,4-10H2,1-3H3. The van der Waals surface area contributed by atoms with Gasteiger partial charge in [-0.05, 0) is 31.6 Å². The molecule has 0 aromatic carbocycles. The van der Waals surface area contributed by atoms with Crippen LogP contribution in [0.4, 0.5) is 0 Å². The second kappa shape index (κ2) is 5.64. The molecule has 1 aliphatic carbocycles. The normalized spacial score (nSPS) is 36.9. The zero-order valence-corrected chi connectivity index (χ0v) is 13.1. The molecule has 0 aromatic heterocycles. The lowest BCUT2D eigenvalue weighted by atomic mass is 9.99. The maximum Gasteiger partial charge on any atom is 0.241 e. The van der Waals surface area contributed by atoms with Gasteiger partial charge in [0.25, 0.3) is 0 Å². The molecule has 1 saturated carbocycles. The van der Waals surface area contributed by atoms with E-state index < -0.39 is 0 Å². The Balaban J connectivity index is 1.69. The third-order valence-corrected chi connectivity index (χ3v) is 5.48. The summed E-state index contributed by atoms with van der Waals surface area (Å²) >= 11 is 0. The van der Waals surface area contributed by atoms with E-state index in [1.807, 2.05) is 0 Å². The molecule has 4 nitrogen and oxygen atoms in total. The number of likely N-dealkylation sites (tertiary alicyclic amines) is 1. The van der Waals surface area contributed by atoms with Crippen molar-refractivity contribution in [2.24, 2.45) is 5.92 Å². The van der Waals surface area contributed by atoms with Crippen molar-refractivity contribution in [1.29, 1.82) is 0 Å². The summed E-state index contributed by atoms with van der Waals surface area (Å²) in [5, 5.41) is 3.59. The lowest BCUT2D eigenvalue weighted by Crippen LogP contribution is -2.45. The number of hydrogen-bond donors (Lipinski definition) is 1. The molecule has 4 heteroatoms. The number of nitrogens with zero attached hydrogens (tertiary/aromatic N) is 2.